The van der Waals surface area contributed by atoms with E-state index in [1.807, 2.05) is 37.3 Å². The highest BCUT2D eigenvalue weighted by Gasteiger charge is 1.77. The zero-order valence-corrected chi connectivity index (χ0v) is 6.62. The summed E-state index contributed by atoms with van der Waals surface area (Å²) in [6.07, 6.45) is 7.64. The van der Waals surface area contributed by atoms with Crippen LogP contribution in [-0.4, -0.2) is 4.98 Å². The summed E-state index contributed by atoms with van der Waals surface area (Å²) >= 11 is 0. The first-order valence-electron chi connectivity index (χ1n) is 3.57. The number of allylic oxidation sites excluding steroid dienone is 2. The third-order valence-electron chi connectivity index (χ3n) is 1.37. The van der Waals surface area contributed by atoms with Crippen molar-refractivity contribution in [2.24, 2.45) is 0 Å². The van der Waals surface area contributed by atoms with Crippen molar-refractivity contribution >= 4 is 12.7 Å². The van der Waals surface area contributed by atoms with Gasteiger partial charge in [0.1, 0.15) is 0 Å². The van der Waals surface area contributed by atoms with E-state index < -0.39 is 0 Å². The molecule has 1 aromatic heterocycles. The van der Waals surface area contributed by atoms with Crippen LogP contribution in [-0.2, 0) is 0 Å². The van der Waals surface area contributed by atoms with Crippen LogP contribution < -0.4 is 10.6 Å². The van der Waals surface area contributed by atoms with Gasteiger partial charge in [0.2, 0.25) is 0 Å². The van der Waals surface area contributed by atoms with Crippen LogP contribution >= 0.6 is 0 Å². The number of hydrogen-bond donors (Lipinski definition) is 0. The summed E-state index contributed by atoms with van der Waals surface area (Å²) in [7, 11) is 0. The first kappa shape index (κ1) is 7.73. The Morgan fingerprint density at radius 3 is 3.00 bits per heavy atom. The summed E-state index contributed by atoms with van der Waals surface area (Å²) in [5.74, 6) is 0. The number of hydrogen-bond acceptors (Lipinski definition) is 1. The zero-order chi connectivity index (χ0) is 8.10. The highest BCUT2D eigenvalue weighted by molar-refractivity contribution is 5.34. The Hall–Kier alpha value is -1.37. The fourth-order valence-corrected chi connectivity index (χ4v) is 0.788. The molecule has 0 saturated carbocycles. The van der Waals surface area contributed by atoms with Gasteiger partial charge in [-0.3, -0.25) is 4.98 Å². The minimum Gasteiger partial charge on any atom is -0.256 e. The molecular weight excluding hydrogens is 134 g/mol. The van der Waals surface area contributed by atoms with E-state index in [4.69, 9.17) is 0 Å². The van der Waals surface area contributed by atoms with Crippen molar-refractivity contribution in [3.63, 3.8) is 0 Å². The van der Waals surface area contributed by atoms with Crippen molar-refractivity contribution in [3.8, 4) is 0 Å². The minimum absolute atomic E-state index is 0.936. The molecule has 1 heterocycles. The molecule has 0 aliphatic heterocycles. The van der Waals surface area contributed by atoms with E-state index in [0.29, 0.717) is 0 Å². The van der Waals surface area contributed by atoms with Crippen LogP contribution in [0.1, 0.15) is 6.92 Å². The quantitative estimate of drug-likeness (QED) is 0.571. The number of rotatable bonds is 1. The molecule has 0 amide bonds. The fraction of sp³-hybridized carbons (Fsp3) is 0.100. The molecule has 0 N–H and O–H groups in total. The molecule has 0 aliphatic carbocycles. The predicted molar refractivity (Wildman–Crippen MR) is 48.3 cm³/mol. The number of pyridine rings is 1. The van der Waals surface area contributed by atoms with Gasteiger partial charge >= 0.3 is 0 Å². The van der Waals surface area contributed by atoms with Crippen molar-refractivity contribution in [2.75, 3.05) is 0 Å². The maximum Gasteiger partial charge on any atom is 0.0695 e. The molecule has 0 atom stereocenters. The number of aromatic nitrogens is 1. The van der Waals surface area contributed by atoms with Gasteiger partial charge in [-0.25, -0.2) is 0 Å². The van der Waals surface area contributed by atoms with E-state index in [1.165, 1.54) is 0 Å². The Bertz CT molecular complexity index is 349. The summed E-state index contributed by atoms with van der Waals surface area (Å²) < 4.78 is 0. The van der Waals surface area contributed by atoms with Crippen LogP contribution in [0.5, 0.6) is 0 Å². The second-order valence-corrected chi connectivity index (χ2v) is 2.24. The average Bonchev–Trinajstić information content (AvgIpc) is 2.03. The highest BCUT2D eigenvalue weighted by Crippen LogP contribution is 1.70. The molecule has 0 aliphatic rings. The van der Waals surface area contributed by atoms with Gasteiger partial charge < -0.3 is 0 Å². The molecular formula is C10H11N. The Balaban J connectivity index is 3.24. The van der Waals surface area contributed by atoms with Gasteiger partial charge in [0, 0.05) is 6.20 Å². The molecule has 1 heteroatoms. The molecule has 0 fully saturated rings. The lowest BCUT2D eigenvalue weighted by atomic mass is 10.3. The van der Waals surface area contributed by atoms with Crippen LogP contribution in [0.4, 0.5) is 0 Å². The van der Waals surface area contributed by atoms with E-state index >= 15 is 0 Å². The number of nitrogens with zero attached hydrogens (tertiary/aromatic N) is 1. The third kappa shape index (κ3) is 2.04. The van der Waals surface area contributed by atoms with Gasteiger partial charge in [-0.2, -0.15) is 0 Å². The summed E-state index contributed by atoms with van der Waals surface area (Å²) in [4.78, 5) is 4.15. The molecule has 0 aromatic carbocycles. The maximum absolute atomic E-state index is 4.15. The molecule has 11 heavy (non-hydrogen) atoms. The van der Waals surface area contributed by atoms with Crippen molar-refractivity contribution < 1.29 is 0 Å². The second kappa shape index (κ2) is 3.71. The third-order valence-corrected chi connectivity index (χ3v) is 1.37. The van der Waals surface area contributed by atoms with E-state index in [1.54, 1.807) is 6.20 Å². The molecule has 0 saturated heterocycles. The van der Waals surface area contributed by atoms with Gasteiger partial charge in [-0.15, -0.1) is 0 Å². The monoisotopic (exact) mass is 145 g/mol. The average molecular weight is 145 g/mol. The normalized spacial score (nSPS) is 12.6. The first-order valence-corrected chi connectivity index (χ1v) is 3.57. The lowest BCUT2D eigenvalue weighted by Gasteiger charge is -1.83. The van der Waals surface area contributed by atoms with Gasteiger partial charge in [0.15, 0.2) is 0 Å². The zero-order valence-electron chi connectivity index (χ0n) is 6.62. The van der Waals surface area contributed by atoms with E-state index in [-0.39, 0.29) is 0 Å². The first-order chi connectivity index (χ1) is 5.34. The maximum atomic E-state index is 4.15. The Labute approximate surface area is 66.4 Å². The molecule has 1 aromatic rings. The van der Waals surface area contributed by atoms with Gasteiger partial charge in [-0.05, 0) is 24.3 Å². The predicted octanol–water partition coefficient (Wildman–Crippen LogP) is 0.849. The molecule has 0 unspecified atom stereocenters. The lowest BCUT2D eigenvalue weighted by molar-refractivity contribution is 1.23. The Morgan fingerprint density at radius 2 is 2.36 bits per heavy atom. The topological polar surface area (TPSA) is 12.9 Å². The molecule has 56 valence electrons. The van der Waals surface area contributed by atoms with Crippen LogP contribution in [0.3, 0.4) is 0 Å². The van der Waals surface area contributed by atoms with Crippen molar-refractivity contribution in [3.05, 3.63) is 41.0 Å². The molecule has 0 spiro atoms. The van der Waals surface area contributed by atoms with Crippen LogP contribution in [0.15, 0.2) is 30.5 Å². The summed E-state index contributed by atoms with van der Waals surface area (Å²) in [6, 6.07) is 3.83. The largest absolute Gasteiger partial charge is 0.256 e. The lowest BCUT2D eigenvalue weighted by Crippen LogP contribution is -2.25. The summed E-state index contributed by atoms with van der Waals surface area (Å²) in [5.41, 5.74) is 0. The van der Waals surface area contributed by atoms with Crippen LogP contribution in [0.2, 0.25) is 0 Å². The van der Waals surface area contributed by atoms with Crippen molar-refractivity contribution in [1.29, 1.82) is 0 Å². The summed E-state index contributed by atoms with van der Waals surface area (Å²) in [6.45, 7) is 5.82. The smallest absolute Gasteiger partial charge is 0.0695 e. The highest BCUT2D eigenvalue weighted by atomic mass is 14.6. The molecule has 0 radical (unpaired) electrons. The van der Waals surface area contributed by atoms with Crippen molar-refractivity contribution in [1.82, 2.24) is 4.98 Å². The van der Waals surface area contributed by atoms with Gasteiger partial charge in [0.05, 0.1) is 5.35 Å². The van der Waals surface area contributed by atoms with Crippen LogP contribution in [0, 0.1) is 0 Å². The van der Waals surface area contributed by atoms with Gasteiger partial charge in [-0.1, -0.05) is 24.8 Å². The van der Waals surface area contributed by atoms with Crippen LogP contribution in [0.25, 0.3) is 12.7 Å². The molecule has 1 nitrogen and oxygen atoms in total. The van der Waals surface area contributed by atoms with E-state index in [2.05, 4.69) is 11.6 Å². The minimum atomic E-state index is 0.936. The molecule has 0 bridgehead atoms. The Morgan fingerprint density at radius 1 is 1.55 bits per heavy atom. The van der Waals surface area contributed by atoms with Crippen molar-refractivity contribution in [2.45, 2.75) is 6.92 Å². The molecule has 1 rings (SSSR count). The standard InChI is InChI=1S/C10H11N/c1-3-4-7-10-9(2)6-5-8-11-10/h3-8H,2H2,1H3/b4-3-,10-7+. The van der Waals surface area contributed by atoms with E-state index in [9.17, 15) is 0 Å². The van der Waals surface area contributed by atoms with Gasteiger partial charge in [0.25, 0.3) is 0 Å². The fourth-order valence-electron chi connectivity index (χ4n) is 0.788. The second-order valence-electron chi connectivity index (χ2n) is 2.24. The Kier molecular flexibility index (Phi) is 2.61. The van der Waals surface area contributed by atoms with E-state index in [0.717, 1.165) is 10.6 Å². The summed E-state index contributed by atoms with van der Waals surface area (Å²) in [5, 5.41) is 1.90. The SMILES string of the molecule is C=c1cccn/c1=C/C=C\C.